The molecule has 1 aliphatic rings. The minimum Gasteiger partial charge on any atom is -0.474 e. The molecule has 0 spiro atoms. The van der Waals surface area contributed by atoms with Crippen molar-refractivity contribution in [3.63, 3.8) is 0 Å². The molecule has 1 fully saturated rings. The van der Waals surface area contributed by atoms with Gasteiger partial charge in [0, 0.05) is 31.3 Å². The van der Waals surface area contributed by atoms with Crippen LogP contribution in [0.25, 0.3) is 0 Å². The fraction of sp³-hybridized carbons (Fsp3) is 0.765. The van der Waals surface area contributed by atoms with Gasteiger partial charge in [0.1, 0.15) is 12.3 Å². The Labute approximate surface area is 156 Å². The summed E-state index contributed by atoms with van der Waals surface area (Å²) in [5.41, 5.74) is 6.04. The highest BCUT2D eigenvalue weighted by atomic mass is 35.5. The van der Waals surface area contributed by atoms with Crippen LogP contribution in [0.1, 0.15) is 40.5 Å². The molecule has 2 heterocycles. The summed E-state index contributed by atoms with van der Waals surface area (Å²) >= 11 is 0. The third-order valence-electron chi connectivity index (χ3n) is 4.22. The number of likely N-dealkylation sites (tertiary alicyclic amines) is 1. The standard InChI is InChI=1S/C17H30N4O3.ClH/c1-11(2)16(18)17(22)21-9-7-13(8-10-21)24-15-6-5-14(19-20-15)23-12(3)4;/h5-6,11-13,16-17,22H,7-10,18H2,1-4H3;1H/t16-,17?;/m0./s1. The van der Waals surface area contributed by atoms with E-state index >= 15 is 0 Å². The summed E-state index contributed by atoms with van der Waals surface area (Å²) in [5, 5.41) is 18.4. The van der Waals surface area contributed by atoms with Crippen LogP contribution in [0.4, 0.5) is 0 Å². The first-order chi connectivity index (χ1) is 11.4. The number of rotatable bonds is 7. The van der Waals surface area contributed by atoms with E-state index in [-0.39, 0.29) is 36.6 Å². The van der Waals surface area contributed by atoms with Crippen LogP contribution in [0.15, 0.2) is 12.1 Å². The van der Waals surface area contributed by atoms with Gasteiger partial charge in [-0.3, -0.25) is 4.90 Å². The largest absolute Gasteiger partial charge is 0.474 e. The smallest absolute Gasteiger partial charge is 0.233 e. The van der Waals surface area contributed by atoms with Crippen LogP contribution >= 0.6 is 12.4 Å². The lowest BCUT2D eigenvalue weighted by Crippen LogP contribution is -2.53. The van der Waals surface area contributed by atoms with E-state index in [2.05, 4.69) is 10.2 Å². The lowest BCUT2D eigenvalue weighted by Gasteiger charge is -2.38. The third-order valence-corrected chi connectivity index (χ3v) is 4.22. The second-order valence-corrected chi connectivity index (χ2v) is 6.96. The number of nitrogens with two attached hydrogens (primary N) is 1. The molecule has 0 radical (unpaired) electrons. The van der Waals surface area contributed by atoms with E-state index in [1.165, 1.54) is 0 Å². The first-order valence-corrected chi connectivity index (χ1v) is 8.71. The molecule has 144 valence electrons. The van der Waals surface area contributed by atoms with Gasteiger partial charge in [-0.05, 0) is 32.6 Å². The van der Waals surface area contributed by atoms with Crippen LogP contribution in [0.2, 0.25) is 0 Å². The van der Waals surface area contributed by atoms with Gasteiger partial charge < -0.3 is 20.3 Å². The Morgan fingerprint density at radius 2 is 1.68 bits per heavy atom. The van der Waals surface area contributed by atoms with Gasteiger partial charge in [0.05, 0.1) is 6.10 Å². The summed E-state index contributed by atoms with van der Waals surface area (Å²) in [4.78, 5) is 2.02. The van der Waals surface area contributed by atoms with Crippen molar-refractivity contribution in [1.82, 2.24) is 15.1 Å². The summed E-state index contributed by atoms with van der Waals surface area (Å²) in [5.74, 6) is 1.25. The molecule has 1 aliphatic heterocycles. The van der Waals surface area contributed by atoms with E-state index in [9.17, 15) is 5.11 Å². The second-order valence-electron chi connectivity index (χ2n) is 6.96. The molecule has 2 rings (SSSR count). The molecule has 25 heavy (non-hydrogen) atoms. The molecule has 7 nitrogen and oxygen atoms in total. The molecule has 1 aromatic rings. The van der Waals surface area contributed by atoms with Gasteiger partial charge in [0.25, 0.3) is 0 Å². The maximum Gasteiger partial charge on any atom is 0.233 e. The Morgan fingerprint density at radius 3 is 2.16 bits per heavy atom. The van der Waals surface area contributed by atoms with Crippen molar-refractivity contribution in [1.29, 1.82) is 0 Å². The molecule has 0 bridgehead atoms. The lowest BCUT2D eigenvalue weighted by atomic mass is 10.0. The molecule has 0 aromatic carbocycles. The summed E-state index contributed by atoms with van der Waals surface area (Å²) in [6, 6.07) is 3.31. The normalized spacial score (nSPS) is 18.7. The van der Waals surface area contributed by atoms with Crippen LogP contribution in [0, 0.1) is 5.92 Å². The fourth-order valence-corrected chi connectivity index (χ4v) is 2.69. The van der Waals surface area contributed by atoms with Gasteiger partial charge in [0.15, 0.2) is 0 Å². The summed E-state index contributed by atoms with van der Waals surface area (Å²) in [6.45, 7) is 9.45. The maximum atomic E-state index is 10.3. The number of ether oxygens (including phenoxy) is 2. The van der Waals surface area contributed by atoms with Crippen molar-refractivity contribution < 1.29 is 14.6 Å². The lowest BCUT2D eigenvalue weighted by molar-refractivity contribution is -0.0506. The number of aromatic nitrogens is 2. The number of aliphatic hydroxyl groups is 1. The molecular formula is C17H31ClN4O3. The van der Waals surface area contributed by atoms with E-state index in [4.69, 9.17) is 15.2 Å². The van der Waals surface area contributed by atoms with Crippen molar-refractivity contribution in [2.24, 2.45) is 11.7 Å². The van der Waals surface area contributed by atoms with Crippen LogP contribution in [-0.4, -0.2) is 57.8 Å². The first kappa shape index (κ1) is 21.9. The Kier molecular flexibility index (Phi) is 8.85. The number of hydrogen-bond donors (Lipinski definition) is 2. The van der Waals surface area contributed by atoms with Crippen molar-refractivity contribution >= 4 is 12.4 Å². The van der Waals surface area contributed by atoms with Crippen LogP contribution < -0.4 is 15.2 Å². The topological polar surface area (TPSA) is 93.7 Å². The van der Waals surface area contributed by atoms with Crippen molar-refractivity contribution in [3.05, 3.63) is 12.1 Å². The SMILES string of the molecule is CC(C)Oc1ccc(OC2CCN(C(O)[C@@H](N)C(C)C)CC2)nn1.Cl. The van der Waals surface area contributed by atoms with Crippen LogP contribution in [0.3, 0.4) is 0 Å². The van der Waals surface area contributed by atoms with E-state index in [1.807, 2.05) is 32.6 Å². The molecule has 1 unspecified atom stereocenters. The molecular weight excluding hydrogens is 344 g/mol. The Hall–Kier alpha value is -1.15. The maximum absolute atomic E-state index is 10.3. The summed E-state index contributed by atoms with van der Waals surface area (Å²) < 4.78 is 11.3. The van der Waals surface area contributed by atoms with Gasteiger partial charge in [-0.25, -0.2) is 0 Å². The average molecular weight is 375 g/mol. The van der Waals surface area contributed by atoms with Crippen LogP contribution in [0.5, 0.6) is 11.8 Å². The molecule has 0 aliphatic carbocycles. The van der Waals surface area contributed by atoms with Crippen molar-refractivity contribution in [3.8, 4) is 11.8 Å². The van der Waals surface area contributed by atoms with E-state index in [1.54, 1.807) is 12.1 Å². The zero-order chi connectivity index (χ0) is 17.7. The fourth-order valence-electron chi connectivity index (χ4n) is 2.69. The number of halogens is 1. The highest BCUT2D eigenvalue weighted by molar-refractivity contribution is 5.85. The van der Waals surface area contributed by atoms with Crippen molar-refractivity contribution in [2.75, 3.05) is 13.1 Å². The van der Waals surface area contributed by atoms with Gasteiger partial charge in [-0.15, -0.1) is 22.6 Å². The molecule has 1 aromatic heterocycles. The second kappa shape index (κ2) is 10.1. The average Bonchev–Trinajstić information content (AvgIpc) is 2.55. The van der Waals surface area contributed by atoms with Gasteiger partial charge in [-0.2, -0.15) is 0 Å². The summed E-state index contributed by atoms with van der Waals surface area (Å²) in [7, 11) is 0. The molecule has 8 heteroatoms. The Balaban J connectivity index is 0.00000312. The molecule has 0 saturated carbocycles. The minimum atomic E-state index is -0.599. The highest BCUT2D eigenvalue weighted by Crippen LogP contribution is 2.20. The molecule has 1 saturated heterocycles. The summed E-state index contributed by atoms with van der Waals surface area (Å²) in [6.07, 6.45) is 1.20. The predicted molar refractivity (Wildman–Crippen MR) is 99.1 cm³/mol. The zero-order valence-corrected chi connectivity index (χ0v) is 16.3. The monoisotopic (exact) mass is 374 g/mol. The Bertz CT molecular complexity index is 493. The predicted octanol–water partition coefficient (Wildman–Crippen LogP) is 1.83. The number of aliphatic hydroxyl groups excluding tert-OH is 1. The van der Waals surface area contributed by atoms with Gasteiger partial charge >= 0.3 is 0 Å². The third kappa shape index (κ3) is 6.58. The van der Waals surface area contributed by atoms with E-state index in [0.717, 1.165) is 25.9 Å². The highest BCUT2D eigenvalue weighted by Gasteiger charge is 2.29. The number of nitrogens with zero attached hydrogens (tertiary/aromatic N) is 3. The number of hydrogen-bond acceptors (Lipinski definition) is 7. The van der Waals surface area contributed by atoms with Crippen LogP contribution in [-0.2, 0) is 0 Å². The molecule has 2 atom stereocenters. The first-order valence-electron chi connectivity index (χ1n) is 8.71. The Morgan fingerprint density at radius 1 is 1.12 bits per heavy atom. The van der Waals surface area contributed by atoms with Crippen molar-refractivity contribution in [2.45, 2.75) is 65.0 Å². The molecule has 3 N–H and O–H groups in total. The van der Waals surface area contributed by atoms with Gasteiger partial charge in [0.2, 0.25) is 11.8 Å². The van der Waals surface area contributed by atoms with E-state index < -0.39 is 6.23 Å². The minimum absolute atomic E-state index is 0. The zero-order valence-electron chi connectivity index (χ0n) is 15.5. The molecule has 0 amide bonds. The quantitative estimate of drug-likeness (QED) is 0.751. The van der Waals surface area contributed by atoms with E-state index in [0.29, 0.717) is 11.8 Å². The van der Waals surface area contributed by atoms with Gasteiger partial charge in [-0.1, -0.05) is 13.8 Å². The number of piperidine rings is 1.